The molecule has 1 fully saturated rings. The van der Waals surface area contributed by atoms with Crippen LogP contribution in [0.5, 0.6) is 0 Å². The number of hydrogen-bond donors (Lipinski definition) is 0. The number of hydrogen-bond acceptors (Lipinski definition) is 1. The molecule has 1 heterocycles. The number of benzene rings is 2. The highest BCUT2D eigenvalue weighted by Gasteiger charge is 2.42. The molecule has 0 N–H and O–H groups in total. The van der Waals surface area contributed by atoms with E-state index in [2.05, 4.69) is 12.1 Å². The minimum absolute atomic E-state index is 0.0576. The number of rotatable bonds is 2. The van der Waals surface area contributed by atoms with Gasteiger partial charge in [-0.3, -0.25) is 0 Å². The fraction of sp³-hybridized carbons (Fsp3) is 0.143. The van der Waals surface area contributed by atoms with Gasteiger partial charge in [0, 0.05) is 15.6 Å². The molecular formula is C14H10Cl2O. The molecule has 1 aliphatic rings. The maximum Gasteiger partial charge on any atom is 0.115 e. The molecule has 0 aliphatic carbocycles. The maximum atomic E-state index is 6.15. The highest BCUT2D eigenvalue weighted by Crippen LogP contribution is 2.52. The van der Waals surface area contributed by atoms with Gasteiger partial charge in [-0.1, -0.05) is 59.6 Å². The van der Waals surface area contributed by atoms with Gasteiger partial charge in [-0.15, -0.1) is 0 Å². The lowest BCUT2D eigenvalue weighted by Crippen LogP contribution is -1.85. The van der Waals surface area contributed by atoms with E-state index in [0.29, 0.717) is 10.0 Å². The molecule has 3 rings (SSSR count). The summed E-state index contributed by atoms with van der Waals surface area (Å²) in [6.45, 7) is 0. The second-order valence-electron chi connectivity index (χ2n) is 4.05. The summed E-state index contributed by atoms with van der Waals surface area (Å²) in [5.74, 6) is 0. The minimum atomic E-state index is 0.0576. The van der Waals surface area contributed by atoms with Gasteiger partial charge < -0.3 is 4.74 Å². The summed E-state index contributed by atoms with van der Waals surface area (Å²) in [4.78, 5) is 0. The highest BCUT2D eigenvalue weighted by atomic mass is 35.5. The monoisotopic (exact) mass is 264 g/mol. The Kier molecular flexibility index (Phi) is 2.83. The van der Waals surface area contributed by atoms with Crippen LogP contribution < -0.4 is 0 Å². The van der Waals surface area contributed by atoms with Gasteiger partial charge in [-0.25, -0.2) is 0 Å². The SMILES string of the molecule is Clc1ccc(C2OC2c2ccccc2)c(Cl)c1. The zero-order valence-electron chi connectivity index (χ0n) is 8.94. The van der Waals surface area contributed by atoms with Crippen LogP contribution in [-0.4, -0.2) is 0 Å². The summed E-state index contributed by atoms with van der Waals surface area (Å²) in [7, 11) is 0. The third-order valence-corrected chi connectivity index (χ3v) is 3.45. The first-order valence-corrected chi connectivity index (χ1v) is 6.16. The quantitative estimate of drug-likeness (QED) is 0.710. The van der Waals surface area contributed by atoms with Crippen molar-refractivity contribution in [1.29, 1.82) is 0 Å². The standard InChI is InChI=1S/C14H10Cl2O/c15-10-6-7-11(12(16)8-10)14-13(17-14)9-4-2-1-3-5-9/h1-8,13-14H. The molecule has 17 heavy (non-hydrogen) atoms. The zero-order chi connectivity index (χ0) is 11.8. The van der Waals surface area contributed by atoms with Crippen LogP contribution in [0.4, 0.5) is 0 Å². The maximum absolute atomic E-state index is 6.15. The van der Waals surface area contributed by atoms with E-state index in [1.54, 1.807) is 6.07 Å². The Labute approximate surface area is 110 Å². The van der Waals surface area contributed by atoms with E-state index >= 15 is 0 Å². The molecule has 0 bridgehead atoms. The van der Waals surface area contributed by atoms with E-state index in [-0.39, 0.29) is 12.2 Å². The first-order valence-electron chi connectivity index (χ1n) is 5.41. The van der Waals surface area contributed by atoms with E-state index in [4.69, 9.17) is 27.9 Å². The average molecular weight is 265 g/mol. The van der Waals surface area contributed by atoms with E-state index in [9.17, 15) is 0 Å². The van der Waals surface area contributed by atoms with Gasteiger partial charge in [0.2, 0.25) is 0 Å². The average Bonchev–Trinajstić information content (AvgIpc) is 3.10. The van der Waals surface area contributed by atoms with Crippen molar-refractivity contribution in [3.8, 4) is 0 Å². The summed E-state index contributed by atoms with van der Waals surface area (Å²) < 4.78 is 5.68. The molecule has 2 unspecified atom stereocenters. The molecule has 0 amide bonds. The number of ether oxygens (including phenoxy) is 1. The lowest BCUT2D eigenvalue weighted by Gasteiger charge is -2.01. The van der Waals surface area contributed by atoms with Crippen molar-refractivity contribution >= 4 is 23.2 Å². The Hall–Kier alpha value is -1.02. The minimum Gasteiger partial charge on any atom is -0.359 e. The van der Waals surface area contributed by atoms with Crippen LogP contribution in [0.15, 0.2) is 48.5 Å². The second kappa shape index (κ2) is 4.34. The van der Waals surface area contributed by atoms with E-state index < -0.39 is 0 Å². The molecule has 2 atom stereocenters. The first kappa shape index (κ1) is 11.1. The predicted molar refractivity (Wildman–Crippen MR) is 69.5 cm³/mol. The normalized spacial score (nSPS) is 22.5. The van der Waals surface area contributed by atoms with Crippen LogP contribution in [0.3, 0.4) is 0 Å². The van der Waals surface area contributed by atoms with Crippen molar-refractivity contribution in [2.75, 3.05) is 0 Å². The Morgan fingerprint density at radius 3 is 2.35 bits per heavy atom. The molecule has 0 saturated carbocycles. The summed E-state index contributed by atoms with van der Waals surface area (Å²) >= 11 is 12.0. The Morgan fingerprint density at radius 1 is 0.882 bits per heavy atom. The van der Waals surface area contributed by atoms with E-state index in [0.717, 1.165) is 5.56 Å². The van der Waals surface area contributed by atoms with Gasteiger partial charge in [0.05, 0.1) is 0 Å². The summed E-state index contributed by atoms with van der Waals surface area (Å²) in [6, 6.07) is 15.7. The van der Waals surface area contributed by atoms with Gasteiger partial charge in [0.25, 0.3) is 0 Å². The second-order valence-corrected chi connectivity index (χ2v) is 4.90. The molecule has 3 heteroatoms. The molecule has 1 aliphatic heterocycles. The molecule has 1 nitrogen and oxygen atoms in total. The Balaban J connectivity index is 1.85. The molecule has 86 valence electrons. The van der Waals surface area contributed by atoms with Crippen molar-refractivity contribution in [2.24, 2.45) is 0 Å². The number of halogens is 2. The van der Waals surface area contributed by atoms with Gasteiger partial charge in [-0.2, -0.15) is 0 Å². The van der Waals surface area contributed by atoms with Crippen molar-refractivity contribution < 1.29 is 4.74 Å². The van der Waals surface area contributed by atoms with Crippen LogP contribution in [0.25, 0.3) is 0 Å². The fourth-order valence-electron chi connectivity index (χ4n) is 1.98. The van der Waals surface area contributed by atoms with Crippen molar-refractivity contribution in [3.05, 3.63) is 69.7 Å². The lowest BCUT2D eigenvalue weighted by molar-refractivity contribution is 0.378. The van der Waals surface area contributed by atoms with Crippen molar-refractivity contribution in [2.45, 2.75) is 12.2 Å². The Bertz CT molecular complexity index is 539. The van der Waals surface area contributed by atoms with E-state index in [1.165, 1.54) is 5.56 Å². The smallest absolute Gasteiger partial charge is 0.115 e. The number of epoxide rings is 1. The molecule has 2 aromatic rings. The van der Waals surface area contributed by atoms with Gasteiger partial charge in [-0.05, 0) is 17.7 Å². The molecular weight excluding hydrogens is 255 g/mol. The Morgan fingerprint density at radius 2 is 1.65 bits per heavy atom. The molecule has 2 aromatic carbocycles. The fourth-order valence-corrected chi connectivity index (χ4v) is 2.49. The topological polar surface area (TPSA) is 12.5 Å². The largest absolute Gasteiger partial charge is 0.359 e. The first-order chi connectivity index (χ1) is 8.25. The van der Waals surface area contributed by atoms with E-state index in [1.807, 2.05) is 30.3 Å². The molecule has 0 radical (unpaired) electrons. The molecule has 0 aromatic heterocycles. The lowest BCUT2D eigenvalue weighted by atomic mass is 10.0. The van der Waals surface area contributed by atoms with Crippen molar-refractivity contribution in [3.63, 3.8) is 0 Å². The molecule has 0 spiro atoms. The van der Waals surface area contributed by atoms with Crippen LogP contribution >= 0.6 is 23.2 Å². The van der Waals surface area contributed by atoms with Crippen LogP contribution in [0, 0.1) is 0 Å². The third-order valence-electron chi connectivity index (χ3n) is 2.89. The van der Waals surface area contributed by atoms with Gasteiger partial charge in [0.15, 0.2) is 0 Å². The predicted octanol–water partition coefficient (Wildman–Crippen LogP) is 4.81. The van der Waals surface area contributed by atoms with Crippen molar-refractivity contribution in [1.82, 2.24) is 0 Å². The van der Waals surface area contributed by atoms with Crippen LogP contribution in [-0.2, 0) is 4.74 Å². The third kappa shape index (κ3) is 2.19. The van der Waals surface area contributed by atoms with Gasteiger partial charge in [0.1, 0.15) is 12.2 Å². The highest BCUT2D eigenvalue weighted by molar-refractivity contribution is 6.35. The molecule has 1 saturated heterocycles. The van der Waals surface area contributed by atoms with Crippen LogP contribution in [0.2, 0.25) is 10.0 Å². The van der Waals surface area contributed by atoms with Crippen LogP contribution in [0.1, 0.15) is 23.3 Å². The summed E-state index contributed by atoms with van der Waals surface area (Å²) in [5, 5.41) is 1.32. The zero-order valence-corrected chi connectivity index (χ0v) is 10.4. The van der Waals surface area contributed by atoms with Gasteiger partial charge >= 0.3 is 0 Å². The summed E-state index contributed by atoms with van der Waals surface area (Å²) in [5.41, 5.74) is 2.19. The summed E-state index contributed by atoms with van der Waals surface area (Å²) in [6.07, 6.45) is 0.178.